The number of amides is 1. The van der Waals surface area contributed by atoms with Crippen LogP contribution in [0, 0.1) is 5.92 Å². The molecular weight excluding hydrogens is 274 g/mol. The predicted octanol–water partition coefficient (Wildman–Crippen LogP) is 1.39. The van der Waals surface area contributed by atoms with Crippen molar-refractivity contribution in [1.29, 1.82) is 0 Å². The largest absolute Gasteiger partial charge is 0.493 e. The SMILES string of the molecule is COc1ccccc1OCC(=O)OCC(=O)NCC(C)C. The third-order valence-corrected chi connectivity index (χ3v) is 2.49. The molecule has 0 fully saturated rings. The second-order valence-electron chi connectivity index (χ2n) is 4.80. The number of hydrogen-bond donors (Lipinski definition) is 1. The van der Waals surface area contributed by atoms with Gasteiger partial charge in [0.1, 0.15) is 0 Å². The number of carbonyl (C=O) groups is 2. The number of benzene rings is 1. The maximum atomic E-state index is 11.5. The fourth-order valence-corrected chi connectivity index (χ4v) is 1.43. The molecule has 1 N–H and O–H groups in total. The van der Waals surface area contributed by atoms with E-state index >= 15 is 0 Å². The highest BCUT2D eigenvalue weighted by atomic mass is 16.6. The zero-order valence-corrected chi connectivity index (χ0v) is 12.5. The van der Waals surface area contributed by atoms with Gasteiger partial charge in [0.25, 0.3) is 5.91 Å². The number of carbonyl (C=O) groups excluding carboxylic acids is 2. The van der Waals surface area contributed by atoms with Crippen LogP contribution in [0.2, 0.25) is 0 Å². The van der Waals surface area contributed by atoms with Crippen molar-refractivity contribution in [1.82, 2.24) is 5.32 Å². The molecule has 0 aromatic heterocycles. The molecule has 1 rings (SSSR count). The Bertz CT molecular complexity index is 473. The van der Waals surface area contributed by atoms with Crippen molar-refractivity contribution in [2.45, 2.75) is 13.8 Å². The van der Waals surface area contributed by atoms with Crippen LogP contribution in [0.25, 0.3) is 0 Å². The van der Waals surface area contributed by atoms with Gasteiger partial charge in [-0.1, -0.05) is 26.0 Å². The van der Waals surface area contributed by atoms with E-state index in [9.17, 15) is 9.59 Å². The lowest BCUT2D eigenvalue weighted by molar-refractivity contribution is -0.150. The van der Waals surface area contributed by atoms with E-state index in [0.717, 1.165) is 0 Å². The van der Waals surface area contributed by atoms with Gasteiger partial charge in [0.15, 0.2) is 24.7 Å². The molecule has 0 atom stereocenters. The normalized spacial score (nSPS) is 10.1. The minimum absolute atomic E-state index is 0.280. The van der Waals surface area contributed by atoms with Crippen LogP contribution in [0.5, 0.6) is 11.5 Å². The predicted molar refractivity (Wildman–Crippen MR) is 77.3 cm³/mol. The molecule has 0 bridgehead atoms. The van der Waals surface area contributed by atoms with Gasteiger partial charge in [-0.2, -0.15) is 0 Å². The molecule has 1 aromatic carbocycles. The molecule has 0 saturated heterocycles. The number of ether oxygens (including phenoxy) is 3. The Morgan fingerprint density at radius 1 is 1.14 bits per heavy atom. The first-order chi connectivity index (χ1) is 10.0. The van der Waals surface area contributed by atoms with Crippen molar-refractivity contribution in [3.8, 4) is 11.5 Å². The fraction of sp³-hybridized carbons (Fsp3) is 0.467. The average Bonchev–Trinajstić information content (AvgIpc) is 2.49. The van der Waals surface area contributed by atoms with E-state index < -0.39 is 5.97 Å². The summed E-state index contributed by atoms with van der Waals surface area (Å²) in [5.74, 6) is 0.384. The van der Waals surface area contributed by atoms with Crippen LogP contribution in [0.15, 0.2) is 24.3 Å². The lowest BCUT2D eigenvalue weighted by atomic mass is 10.2. The van der Waals surface area contributed by atoms with E-state index in [4.69, 9.17) is 14.2 Å². The number of rotatable bonds is 8. The summed E-state index contributed by atoms with van der Waals surface area (Å²) in [6.07, 6.45) is 0. The number of esters is 1. The zero-order valence-electron chi connectivity index (χ0n) is 12.5. The number of methoxy groups -OCH3 is 1. The van der Waals surface area contributed by atoms with E-state index in [1.54, 1.807) is 24.3 Å². The Morgan fingerprint density at radius 3 is 2.43 bits per heavy atom. The Labute approximate surface area is 124 Å². The highest BCUT2D eigenvalue weighted by molar-refractivity contribution is 5.80. The first-order valence-electron chi connectivity index (χ1n) is 6.71. The molecule has 0 saturated carbocycles. The highest BCUT2D eigenvalue weighted by Gasteiger charge is 2.10. The Balaban J connectivity index is 2.29. The van der Waals surface area contributed by atoms with Gasteiger partial charge in [0.05, 0.1) is 7.11 Å². The van der Waals surface area contributed by atoms with Crippen LogP contribution in [-0.2, 0) is 14.3 Å². The van der Waals surface area contributed by atoms with E-state index in [0.29, 0.717) is 24.0 Å². The molecule has 0 radical (unpaired) electrons. The van der Waals surface area contributed by atoms with E-state index in [1.807, 2.05) is 13.8 Å². The molecule has 1 aromatic rings. The summed E-state index contributed by atoms with van der Waals surface area (Å²) in [6, 6.07) is 6.97. The van der Waals surface area contributed by atoms with Gasteiger partial charge < -0.3 is 19.5 Å². The van der Waals surface area contributed by atoms with E-state index in [2.05, 4.69) is 5.32 Å². The number of nitrogens with one attached hydrogen (secondary N) is 1. The standard InChI is InChI=1S/C15H21NO5/c1-11(2)8-16-14(17)9-21-15(18)10-20-13-7-5-4-6-12(13)19-3/h4-7,11H,8-10H2,1-3H3,(H,16,17). The Kier molecular flexibility index (Phi) is 7.08. The van der Waals surface area contributed by atoms with Crippen LogP contribution in [-0.4, -0.2) is 38.7 Å². The average molecular weight is 295 g/mol. The maximum Gasteiger partial charge on any atom is 0.344 e. The molecule has 116 valence electrons. The van der Waals surface area contributed by atoms with Crippen LogP contribution < -0.4 is 14.8 Å². The highest BCUT2D eigenvalue weighted by Crippen LogP contribution is 2.25. The lowest BCUT2D eigenvalue weighted by Crippen LogP contribution is -2.32. The molecule has 0 spiro atoms. The molecule has 0 aliphatic heterocycles. The van der Waals surface area contributed by atoms with Gasteiger partial charge >= 0.3 is 5.97 Å². The van der Waals surface area contributed by atoms with Crippen LogP contribution >= 0.6 is 0 Å². The zero-order chi connectivity index (χ0) is 15.7. The van der Waals surface area contributed by atoms with Crippen LogP contribution in [0.4, 0.5) is 0 Å². The quantitative estimate of drug-likeness (QED) is 0.734. The number of hydrogen-bond acceptors (Lipinski definition) is 5. The molecule has 6 heteroatoms. The summed E-state index contributed by atoms with van der Waals surface area (Å²) in [5.41, 5.74) is 0. The van der Waals surface area contributed by atoms with Crippen molar-refractivity contribution in [2.75, 3.05) is 26.9 Å². The second kappa shape index (κ2) is 8.84. The van der Waals surface area contributed by atoms with Gasteiger partial charge in [-0.3, -0.25) is 4.79 Å². The summed E-state index contributed by atoms with van der Waals surface area (Å²) in [6.45, 7) is 3.92. The summed E-state index contributed by atoms with van der Waals surface area (Å²) in [7, 11) is 1.51. The maximum absolute atomic E-state index is 11.5. The third kappa shape index (κ3) is 6.65. The van der Waals surface area contributed by atoms with Crippen molar-refractivity contribution in [3.63, 3.8) is 0 Å². The lowest BCUT2D eigenvalue weighted by Gasteiger charge is -2.10. The second-order valence-corrected chi connectivity index (χ2v) is 4.80. The summed E-state index contributed by atoms with van der Waals surface area (Å²) >= 11 is 0. The first kappa shape index (κ1) is 16.8. The van der Waals surface area contributed by atoms with Gasteiger partial charge in [-0.25, -0.2) is 4.79 Å². The smallest absolute Gasteiger partial charge is 0.344 e. The Morgan fingerprint density at radius 2 is 1.81 bits per heavy atom. The third-order valence-electron chi connectivity index (χ3n) is 2.49. The summed E-state index contributed by atoms with van der Waals surface area (Å²) < 4.78 is 15.2. The monoisotopic (exact) mass is 295 g/mol. The number of para-hydroxylation sites is 2. The van der Waals surface area contributed by atoms with Crippen LogP contribution in [0.3, 0.4) is 0 Å². The van der Waals surface area contributed by atoms with Crippen molar-refractivity contribution >= 4 is 11.9 Å². The molecule has 21 heavy (non-hydrogen) atoms. The van der Waals surface area contributed by atoms with Crippen molar-refractivity contribution < 1.29 is 23.8 Å². The molecule has 0 unspecified atom stereocenters. The molecule has 1 amide bonds. The Hall–Kier alpha value is -2.24. The molecule has 0 heterocycles. The molecule has 0 aliphatic carbocycles. The van der Waals surface area contributed by atoms with E-state index in [1.165, 1.54) is 7.11 Å². The minimum atomic E-state index is -0.611. The van der Waals surface area contributed by atoms with Crippen LogP contribution in [0.1, 0.15) is 13.8 Å². The van der Waals surface area contributed by atoms with Gasteiger partial charge in [0, 0.05) is 6.54 Å². The molecule has 0 aliphatic rings. The molecular formula is C15H21NO5. The minimum Gasteiger partial charge on any atom is -0.493 e. The first-order valence-corrected chi connectivity index (χ1v) is 6.71. The fourth-order valence-electron chi connectivity index (χ4n) is 1.43. The van der Waals surface area contributed by atoms with Gasteiger partial charge in [-0.05, 0) is 18.1 Å². The summed E-state index contributed by atoms with van der Waals surface area (Å²) in [4.78, 5) is 22.9. The topological polar surface area (TPSA) is 73.9 Å². The van der Waals surface area contributed by atoms with Crippen molar-refractivity contribution in [3.05, 3.63) is 24.3 Å². The molecule has 6 nitrogen and oxygen atoms in total. The van der Waals surface area contributed by atoms with Gasteiger partial charge in [0.2, 0.25) is 0 Å². The van der Waals surface area contributed by atoms with Crippen molar-refractivity contribution in [2.24, 2.45) is 5.92 Å². The van der Waals surface area contributed by atoms with Gasteiger partial charge in [-0.15, -0.1) is 0 Å². The summed E-state index contributed by atoms with van der Waals surface area (Å²) in [5, 5.41) is 2.65. The van der Waals surface area contributed by atoms with E-state index in [-0.39, 0.29) is 19.1 Å².